The molecule has 1 saturated carbocycles. The molecule has 136 valence electrons. The van der Waals surface area contributed by atoms with Crippen molar-refractivity contribution < 1.29 is 14.3 Å². The number of anilines is 2. The Morgan fingerprint density at radius 1 is 1.08 bits per heavy atom. The number of hydrogen-bond acceptors (Lipinski definition) is 3. The number of para-hydroxylation sites is 2. The molecule has 26 heavy (non-hydrogen) atoms. The van der Waals surface area contributed by atoms with Crippen LogP contribution < -0.4 is 15.4 Å². The molecule has 3 rings (SSSR count). The van der Waals surface area contributed by atoms with Gasteiger partial charge in [0, 0.05) is 0 Å². The molecular formula is C20H21ClN2O3. The van der Waals surface area contributed by atoms with Crippen LogP contribution in [0.5, 0.6) is 5.75 Å². The van der Waals surface area contributed by atoms with Crippen molar-refractivity contribution in [2.75, 3.05) is 17.7 Å². The summed E-state index contributed by atoms with van der Waals surface area (Å²) < 4.78 is 5.23. The van der Waals surface area contributed by atoms with Crippen LogP contribution >= 0.6 is 11.6 Å². The fraction of sp³-hybridized carbons (Fsp3) is 0.300. The molecule has 0 aliphatic heterocycles. The Morgan fingerprint density at radius 2 is 1.73 bits per heavy atom. The molecule has 1 aliphatic rings. The normalized spacial score (nSPS) is 18.2. The molecule has 2 N–H and O–H groups in total. The van der Waals surface area contributed by atoms with Crippen LogP contribution in [0.1, 0.15) is 17.5 Å². The van der Waals surface area contributed by atoms with Crippen molar-refractivity contribution in [3.8, 4) is 5.75 Å². The number of halogens is 1. The lowest BCUT2D eigenvalue weighted by Crippen LogP contribution is -2.21. The first-order valence-corrected chi connectivity index (χ1v) is 8.80. The van der Waals surface area contributed by atoms with Gasteiger partial charge >= 0.3 is 0 Å². The Labute approximate surface area is 157 Å². The predicted octanol–water partition coefficient (Wildman–Crippen LogP) is 4.18. The van der Waals surface area contributed by atoms with E-state index in [1.807, 2.05) is 38.1 Å². The highest BCUT2D eigenvalue weighted by atomic mass is 35.5. The van der Waals surface area contributed by atoms with Gasteiger partial charge in [-0.1, -0.05) is 29.8 Å². The first-order chi connectivity index (χ1) is 12.4. The second-order valence-electron chi connectivity index (χ2n) is 6.57. The lowest BCUT2D eigenvalue weighted by Gasteiger charge is -2.12. The number of ether oxygens (including phenoxy) is 1. The third kappa shape index (κ3) is 3.83. The number of hydrogen-bond donors (Lipinski definition) is 2. The summed E-state index contributed by atoms with van der Waals surface area (Å²) in [6, 6.07) is 11.0. The molecule has 6 heteroatoms. The van der Waals surface area contributed by atoms with Gasteiger partial charge < -0.3 is 15.4 Å². The SMILES string of the molecule is COc1ccccc1NC(=O)C1CC1C(=O)Nc1c(C)cc(C)cc1Cl. The molecule has 2 unspecified atom stereocenters. The molecular weight excluding hydrogens is 352 g/mol. The summed E-state index contributed by atoms with van der Waals surface area (Å²) in [5.41, 5.74) is 3.14. The summed E-state index contributed by atoms with van der Waals surface area (Å²) in [5.74, 6) is -0.462. The van der Waals surface area contributed by atoms with E-state index < -0.39 is 0 Å². The van der Waals surface area contributed by atoms with E-state index in [0.717, 1.165) is 11.1 Å². The molecule has 1 aliphatic carbocycles. The fourth-order valence-corrected chi connectivity index (χ4v) is 3.41. The lowest BCUT2D eigenvalue weighted by atomic mass is 10.1. The number of carbonyl (C=O) groups excluding carboxylic acids is 2. The second-order valence-corrected chi connectivity index (χ2v) is 6.97. The molecule has 1 fully saturated rings. The Kier molecular flexibility index (Phi) is 5.18. The van der Waals surface area contributed by atoms with Crippen molar-refractivity contribution in [2.45, 2.75) is 20.3 Å². The summed E-state index contributed by atoms with van der Waals surface area (Å²) in [7, 11) is 1.55. The van der Waals surface area contributed by atoms with Gasteiger partial charge in [0.1, 0.15) is 5.75 Å². The zero-order valence-corrected chi connectivity index (χ0v) is 15.7. The van der Waals surface area contributed by atoms with Crippen LogP contribution in [0.3, 0.4) is 0 Å². The van der Waals surface area contributed by atoms with E-state index in [4.69, 9.17) is 16.3 Å². The maximum atomic E-state index is 12.5. The van der Waals surface area contributed by atoms with Crippen molar-refractivity contribution in [1.29, 1.82) is 0 Å². The quantitative estimate of drug-likeness (QED) is 0.827. The van der Waals surface area contributed by atoms with Crippen LogP contribution in [0.15, 0.2) is 36.4 Å². The van der Waals surface area contributed by atoms with Gasteiger partial charge in [0.15, 0.2) is 0 Å². The number of nitrogens with one attached hydrogen (secondary N) is 2. The van der Waals surface area contributed by atoms with E-state index in [2.05, 4.69) is 10.6 Å². The Balaban J connectivity index is 1.63. The van der Waals surface area contributed by atoms with Gasteiger partial charge in [-0.3, -0.25) is 9.59 Å². The van der Waals surface area contributed by atoms with Crippen molar-refractivity contribution in [3.05, 3.63) is 52.5 Å². The van der Waals surface area contributed by atoms with Gasteiger partial charge in [-0.15, -0.1) is 0 Å². The lowest BCUT2D eigenvalue weighted by molar-refractivity contribution is -0.122. The van der Waals surface area contributed by atoms with Crippen LogP contribution in [-0.4, -0.2) is 18.9 Å². The molecule has 0 radical (unpaired) electrons. The second kappa shape index (κ2) is 7.38. The van der Waals surface area contributed by atoms with Crippen molar-refractivity contribution in [3.63, 3.8) is 0 Å². The largest absolute Gasteiger partial charge is 0.495 e. The first-order valence-electron chi connectivity index (χ1n) is 8.42. The van der Waals surface area contributed by atoms with Gasteiger partial charge in [-0.05, 0) is 49.6 Å². The summed E-state index contributed by atoms with van der Waals surface area (Å²) in [6.07, 6.45) is 0.523. The predicted molar refractivity (Wildman–Crippen MR) is 103 cm³/mol. The van der Waals surface area contributed by atoms with Gasteiger partial charge in [0.25, 0.3) is 0 Å². The summed E-state index contributed by atoms with van der Waals surface area (Å²) in [4.78, 5) is 24.9. The number of amides is 2. The smallest absolute Gasteiger partial charge is 0.228 e. The molecule has 2 amide bonds. The molecule has 2 aromatic rings. The fourth-order valence-electron chi connectivity index (χ4n) is 3.04. The van der Waals surface area contributed by atoms with Gasteiger partial charge in [0.05, 0.1) is 35.3 Å². The Bertz CT molecular complexity index is 843. The molecule has 2 aromatic carbocycles. The first kappa shape index (κ1) is 18.3. The van der Waals surface area contributed by atoms with Crippen LogP contribution in [0.2, 0.25) is 5.02 Å². The highest BCUT2D eigenvalue weighted by Crippen LogP contribution is 2.41. The van der Waals surface area contributed by atoms with Gasteiger partial charge in [-0.2, -0.15) is 0 Å². The maximum Gasteiger partial charge on any atom is 0.228 e. The highest BCUT2D eigenvalue weighted by molar-refractivity contribution is 6.34. The van der Waals surface area contributed by atoms with Gasteiger partial charge in [-0.25, -0.2) is 0 Å². The maximum absolute atomic E-state index is 12.5. The third-order valence-electron chi connectivity index (χ3n) is 4.51. The summed E-state index contributed by atoms with van der Waals surface area (Å²) in [6.45, 7) is 3.84. The van der Waals surface area contributed by atoms with E-state index in [0.29, 0.717) is 28.6 Å². The van der Waals surface area contributed by atoms with Gasteiger partial charge in [0.2, 0.25) is 11.8 Å². The van der Waals surface area contributed by atoms with Crippen molar-refractivity contribution in [1.82, 2.24) is 0 Å². The average Bonchev–Trinajstić information content (AvgIpc) is 3.39. The van der Waals surface area contributed by atoms with Crippen molar-refractivity contribution >= 4 is 34.8 Å². The Morgan fingerprint density at radius 3 is 2.38 bits per heavy atom. The van der Waals surface area contributed by atoms with Crippen LogP contribution in [-0.2, 0) is 9.59 Å². The minimum atomic E-state index is -0.346. The standard InChI is InChI=1S/C20H21ClN2O3/c1-11-8-12(2)18(15(21)9-11)23-20(25)14-10-13(14)19(24)22-16-6-4-5-7-17(16)26-3/h4-9,13-14H,10H2,1-3H3,(H,22,24)(H,23,25). The van der Waals surface area contributed by atoms with E-state index in [9.17, 15) is 9.59 Å². The minimum Gasteiger partial charge on any atom is -0.495 e. The molecule has 0 bridgehead atoms. The number of carbonyl (C=O) groups is 2. The molecule has 0 aromatic heterocycles. The van der Waals surface area contributed by atoms with Crippen molar-refractivity contribution in [2.24, 2.45) is 11.8 Å². The molecule has 5 nitrogen and oxygen atoms in total. The monoisotopic (exact) mass is 372 g/mol. The van der Waals surface area contributed by atoms with E-state index >= 15 is 0 Å². The molecule has 0 heterocycles. The minimum absolute atomic E-state index is 0.179. The number of methoxy groups -OCH3 is 1. The topological polar surface area (TPSA) is 67.4 Å². The Hall–Kier alpha value is -2.53. The zero-order chi connectivity index (χ0) is 18.8. The summed E-state index contributed by atoms with van der Waals surface area (Å²) in [5, 5.41) is 6.20. The number of aryl methyl sites for hydroxylation is 2. The number of rotatable bonds is 5. The van der Waals surface area contributed by atoms with Crippen LogP contribution in [0.25, 0.3) is 0 Å². The van der Waals surface area contributed by atoms with E-state index in [1.54, 1.807) is 19.2 Å². The van der Waals surface area contributed by atoms with E-state index in [1.165, 1.54) is 0 Å². The third-order valence-corrected chi connectivity index (χ3v) is 4.81. The molecule has 0 saturated heterocycles. The van der Waals surface area contributed by atoms with Crippen LogP contribution in [0, 0.1) is 25.7 Å². The summed E-state index contributed by atoms with van der Waals surface area (Å²) >= 11 is 6.24. The highest BCUT2D eigenvalue weighted by Gasteiger charge is 2.48. The van der Waals surface area contributed by atoms with E-state index in [-0.39, 0.29) is 23.7 Å². The molecule has 2 atom stereocenters. The average molecular weight is 373 g/mol. The zero-order valence-electron chi connectivity index (χ0n) is 14.9. The number of benzene rings is 2. The van der Waals surface area contributed by atoms with Crippen LogP contribution in [0.4, 0.5) is 11.4 Å². The molecule has 0 spiro atoms.